The van der Waals surface area contributed by atoms with E-state index in [1.54, 1.807) is 23.6 Å². The number of thiophene rings is 1. The number of hydrogen-bond donors (Lipinski definition) is 4. The third-order valence-corrected chi connectivity index (χ3v) is 5.45. The first kappa shape index (κ1) is 15.7. The number of aromatic amines is 1. The zero-order valence-corrected chi connectivity index (χ0v) is 14.9. The zero-order valence-electron chi connectivity index (χ0n) is 14.1. The van der Waals surface area contributed by atoms with Gasteiger partial charge in [0.2, 0.25) is 5.95 Å². The number of rotatable bonds is 4. The summed E-state index contributed by atoms with van der Waals surface area (Å²) in [5.74, 6) is 6.41. The largest absolute Gasteiger partial charge is 0.340 e. The van der Waals surface area contributed by atoms with Crippen molar-refractivity contribution in [3.05, 3.63) is 60.9 Å². The minimum absolute atomic E-state index is 0.356. The van der Waals surface area contributed by atoms with Crippen molar-refractivity contribution in [2.24, 2.45) is 5.84 Å². The molecule has 0 spiro atoms. The quantitative estimate of drug-likeness (QED) is 0.277. The maximum Gasteiger partial charge on any atom is 0.239 e. The summed E-state index contributed by atoms with van der Waals surface area (Å²) in [5.41, 5.74) is 5.48. The van der Waals surface area contributed by atoms with E-state index in [1.165, 1.54) is 15.0 Å². The Hall–Kier alpha value is -3.49. The summed E-state index contributed by atoms with van der Waals surface area (Å²) in [5, 5.41) is 12.9. The summed E-state index contributed by atoms with van der Waals surface area (Å²) in [7, 11) is 0. The molecule has 0 fully saturated rings. The number of nitrogens with one attached hydrogen (secondary N) is 3. The van der Waals surface area contributed by atoms with Crippen LogP contribution in [0, 0.1) is 0 Å². The summed E-state index contributed by atoms with van der Waals surface area (Å²) >= 11 is 1.76. The Morgan fingerprint density at radius 3 is 2.85 bits per heavy atom. The van der Waals surface area contributed by atoms with Gasteiger partial charge < -0.3 is 5.32 Å². The molecule has 0 bridgehead atoms. The highest BCUT2D eigenvalue weighted by atomic mass is 32.1. The first-order valence-electron chi connectivity index (χ1n) is 8.33. The number of nitrogen functional groups attached to an aromatic ring is 1. The molecule has 8 heteroatoms. The van der Waals surface area contributed by atoms with Crippen LogP contribution in [-0.2, 0) is 0 Å². The molecule has 0 radical (unpaired) electrons. The first-order chi connectivity index (χ1) is 13.3. The van der Waals surface area contributed by atoms with Gasteiger partial charge in [0.15, 0.2) is 0 Å². The van der Waals surface area contributed by atoms with Gasteiger partial charge in [-0.25, -0.2) is 10.8 Å². The molecule has 0 amide bonds. The van der Waals surface area contributed by atoms with Gasteiger partial charge in [-0.3, -0.25) is 10.5 Å². The standard InChI is InChI=1S/C19H15N7S/c20-25-19-21-6-5-17(24-19)23-13-7-12-10-22-26-18(12)14(9-13)16-8-11-3-1-2-4-15(11)27-16/h1-10H,20H2,(H,22,26)(H2,21,23,24,25). The molecule has 3 heterocycles. The molecule has 5 aromatic rings. The molecular weight excluding hydrogens is 358 g/mol. The van der Waals surface area contributed by atoms with Crippen molar-refractivity contribution in [3.8, 4) is 10.4 Å². The minimum atomic E-state index is 0.356. The van der Waals surface area contributed by atoms with E-state index in [0.29, 0.717) is 11.8 Å². The Morgan fingerprint density at radius 1 is 1.04 bits per heavy atom. The highest BCUT2D eigenvalue weighted by Crippen LogP contribution is 2.38. The topological polar surface area (TPSA) is 105 Å². The second-order valence-electron chi connectivity index (χ2n) is 6.04. The first-order valence-corrected chi connectivity index (χ1v) is 9.14. The smallest absolute Gasteiger partial charge is 0.239 e. The number of benzene rings is 2. The molecule has 0 saturated heterocycles. The van der Waals surface area contributed by atoms with Crippen molar-refractivity contribution in [2.75, 3.05) is 10.7 Å². The predicted octanol–water partition coefficient (Wildman–Crippen LogP) is 4.26. The maximum absolute atomic E-state index is 5.40. The van der Waals surface area contributed by atoms with E-state index in [0.717, 1.165) is 22.2 Å². The van der Waals surface area contributed by atoms with E-state index in [9.17, 15) is 0 Å². The lowest BCUT2D eigenvalue weighted by Gasteiger charge is -2.09. The lowest BCUT2D eigenvalue weighted by Crippen LogP contribution is -2.10. The van der Waals surface area contributed by atoms with Gasteiger partial charge in [0.05, 0.1) is 11.7 Å². The molecule has 0 atom stereocenters. The van der Waals surface area contributed by atoms with Crippen LogP contribution in [0.25, 0.3) is 31.4 Å². The highest BCUT2D eigenvalue weighted by Gasteiger charge is 2.12. The van der Waals surface area contributed by atoms with Crippen LogP contribution in [0.15, 0.2) is 60.9 Å². The number of H-pyrrole nitrogens is 1. The van der Waals surface area contributed by atoms with Crippen LogP contribution in [0.4, 0.5) is 17.5 Å². The van der Waals surface area contributed by atoms with Crippen LogP contribution < -0.4 is 16.6 Å². The summed E-state index contributed by atoms with van der Waals surface area (Å²) in [4.78, 5) is 9.52. The Bertz CT molecular complexity index is 1220. The maximum atomic E-state index is 5.40. The fourth-order valence-corrected chi connectivity index (χ4v) is 4.17. The van der Waals surface area contributed by atoms with Crippen molar-refractivity contribution in [1.82, 2.24) is 20.2 Å². The Labute approximate surface area is 158 Å². The van der Waals surface area contributed by atoms with E-state index < -0.39 is 0 Å². The van der Waals surface area contributed by atoms with Gasteiger partial charge in [-0.15, -0.1) is 11.3 Å². The van der Waals surface area contributed by atoms with Gasteiger partial charge in [-0.2, -0.15) is 10.1 Å². The molecule has 3 aromatic heterocycles. The molecule has 5 N–H and O–H groups in total. The zero-order chi connectivity index (χ0) is 18.2. The van der Waals surface area contributed by atoms with Crippen molar-refractivity contribution in [1.29, 1.82) is 0 Å². The molecule has 0 aliphatic rings. The van der Waals surface area contributed by atoms with Gasteiger partial charge in [-0.1, -0.05) is 18.2 Å². The molecule has 7 nitrogen and oxygen atoms in total. The lowest BCUT2D eigenvalue weighted by molar-refractivity contribution is 1.12. The van der Waals surface area contributed by atoms with E-state index >= 15 is 0 Å². The Balaban J connectivity index is 1.62. The van der Waals surface area contributed by atoms with Crippen molar-refractivity contribution >= 4 is 49.8 Å². The number of hydrazine groups is 1. The highest BCUT2D eigenvalue weighted by molar-refractivity contribution is 7.22. The second-order valence-corrected chi connectivity index (χ2v) is 7.13. The van der Waals surface area contributed by atoms with Gasteiger partial charge in [0, 0.05) is 32.4 Å². The molecule has 27 heavy (non-hydrogen) atoms. The molecule has 0 unspecified atom stereocenters. The summed E-state index contributed by atoms with van der Waals surface area (Å²) in [6.07, 6.45) is 3.47. The summed E-state index contributed by atoms with van der Waals surface area (Å²) < 4.78 is 1.26. The minimum Gasteiger partial charge on any atom is -0.340 e. The number of hydrogen-bond acceptors (Lipinski definition) is 7. The second kappa shape index (κ2) is 6.35. The molecule has 2 aromatic carbocycles. The Kier molecular flexibility index (Phi) is 3.70. The van der Waals surface area contributed by atoms with Gasteiger partial charge in [0.25, 0.3) is 0 Å². The monoisotopic (exact) mass is 373 g/mol. The van der Waals surface area contributed by atoms with Gasteiger partial charge in [-0.05, 0) is 35.7 Å². The SMILES string of the molecule is NNc1nccc(Nc2cc(-c3cc4ccccc4s3)c3[nH]ncc3c2)n1. The average molecular weight is 373 g/mol. The van der Waals surface area contributed by atoms with E-state index in [2.05, 4.69) is 67.3 Å². The lowest BCUT2D eigenvalue weighted by atomic mass is 10.1. The fourth-order valence-electron chi connectivity index (χ4n) is 3.08. The van der Waals surface area contributed by atoms with Crippen LogP contribution in [0.1, 0.15) is 0 Å². The number of nitrogens with zero attached hydrogens (tertiary/aromatic N) is 3. The fraction of sp³-hybridized carbons (Fsp3) is 0. The van der Waals surface area contributed by atoms with E-state index in [4.69, 9.17) is 5.84 Å². The number of aromatic nitrogens is 4. The molecule has 0 aliphatic carbocycles. The van der Waals surface area contributed by atoms with Crippen LogP contribution in [-0.4, -0.2) is 20.2 Å². The number of nitrogens with two attached hydrogens (primary N) is 1. The van der Waals surface area contributed by atoms with Crippen LogP contribution in [0.3, 0.4) is 0 Å². The molecule has 5 rings (SSSR count). The molecule has 0 aliphatic heterocycles. The third kappa shape index (κ3) is 2.86. The molecule has 0 saturated carbocycles. The van der Waals surface area contributed by atoms with Crippen LogP contribution in [0.5, 0.6) is 0 Å². The van der Waals surface area contributed by atoms with Crippen LogP contribution in [0.2, 0.25) is 0 Å². The molecular formula is C19H15N7S. The molecule has 132 valence electrons. The van der Waals surface area contributed by atoms with Gasteiger partial charge in [0.1, 0.15) is 5.82 Å². The third-order valence-electron chi connectivity index (χ3n) is 4.30. The van der Waals surface area contributed by atoms with E-state index in [-0.39, 0.29) is 0 Å². The summed E-state index contributed by atoms with van der Waals surface area (Å²) in [6, 6.07) is 16.5. The summed E-state index contributed by atoms with van der Waals surface area (Å²) in [6.45, 7) is 0. The Morgan fingerprint density at radius 2 is 1.96 bits per heavy atom. The van der Waals surface area contributed by atoms with Crippen molar-refractivity contribution < 1.29 is 0 Å². The van der Waals surface area contributed by atoms with Gasteiger partial charge >= 0.3 is 0 Å². The number of anilines is 3. The van der Waals surface area contributed by atoms with Crippen molar-refractivity contribution in [3.63, 3.8) is 0 Å². The number of fused-ring (bicyclic) bond motifs is 2. The van der Waals surface area contributed by atoms with E-state index in [1.807, 2.05) is 12.3 Å². The normalized spacial score (nSPS) is 11.1. The predicted molar refractivity (Wildman–Crippen MR) is 110 cm³/mol. The average Bonchev–Trinajstić information content (AvgIpc) is 3.34. The van der Waals surface area contributed by atoms with Crippen LogP contribution >= 0.6 is 11.3 Å². The van der Waals surface area contributed by atoms with Crippen molar-refractivity contribution in [2.45, 2.75) is 0 Å².